The Morgan fingerprint density at radius 3 is 1.76 bits per heavy atom. The molecule has 0 aliphatic heterocycles. The largest absolute Gasteiger partial charge is 0.368 e. The van der Waals surface area contributed by atoms with Gasteiger partial charge in [-0.3, -0.25) is 0 Å². The summed E-state index contributed by atoms with van der Waals surface area (Å²) in [7, 11) is 0. The SMILES string of the molecule is CCCCCCCC/C=C\CCCCCCCC(=O)OOC(=O)CN. The fourth-order valence-electron chi connectivity index (χ4n) is 2.51. The highest BCUT2D eigenvalue weighted by Crippen LogP contribution is 2.10. The van der Waals surface area contributed by atoms with Crippen LogP contribution in [0, 0.1) is 0 Å². The Kier molecular flexibility index (Phi) is 17.9. The van der Waals surface area contributed by atoms with Gasteiger partial charge in [0.1, 0.15) is 0 Å². The monoisotopic (exact) mass is 355 g/mol. The van der Waals surface area contributed by atoms with E-state index < -0.39 is 11.9 Å². The molecule has 0 heterocycles. The molecule has 5 heteroatoms. The van der Waals surface area contributed by atoms with Gasteiger partial charge in [0.05, 0.1) is 13.0 Å². The molecule has 0 aliphatic rings. The lowest BCUT2D eigenvalue weighted by Gasteiger charge is -2.02. The van der Waals surface area contributed by atoms with E-state index in [1.54, 1.807) is 0 Å². The average molecular weight is 356 g/mol. The third-order valence-corrected chi connectivity index (χ3v) is 4.04. The number of carbonyl (C=O) groups excluding carboxylic acids is 2. The first kappa shape index (κ1) is 23.6. The highest BCUT2D eigenvalue weighted by Gasteiger charge is 2.07. The van der Waals surface area contributed by atoms with Gasteiger partial charge in [0, 0.05) is 0 Å². The Bertz CT molecular complexity index is 356. The number of carbonyl (C=O) groups is 2. The van der Waals surface area contributed by atoms with Crippen molar-refractivity contribution in [1.29, 1.82) is 0 Å². The molecule has 0 aliphatic carbocycles. The van der Waals surface area contributed by atoms with Gasteiger partial charge in [-0.15, -0.1) is 0 Å². The molecule has 0 unspecified atom stereocenters. The predicted octanol–water partition coefficient (Wildman–Crippen LogP) is 4.98. The molecule has 2 N–H and O–H groups in total. The van der Waals surface area contributed by atoms with Gasteiger partial charge < -0.3 is 5.73 Å². The molecule has 0 saturated carbocycles. The van der Waals surface area contributed by atoms with Crippen LogP contribution in [0.2, 0.25) is 0 Å². The highest BCUT2D eigenvalue weighted by atomic mass is 17.2. The molecule has 25 heavy (non-hydrogen) atoms. The maximum absolute atomic E-state index is 11.2. The van der Waals surface area contributed by atoms with Crippen LogP contribution in [-0.4, -0.2) is 18.5 Å². The van der Waals surface area contributed by atoms with Crippen molar-refractivity contribution in [3.8, 4) is 0 Å². The van der Waals surface area contributed by atoms with Crippen LogP contribution in [0.3, 0.4) is 0 Å². The van der Waals surface area contributed by atoms with Crippen molar-refractivity contribution in [2.24, 2.45) is 5.73 Å². The number of hydrogen-bond acceptors (Lipinski definition) is 5. The van der Waals surface area contributed by atoms with Gasteiger partial charge in [-0.1, -0.05) is 70.4 Å². The number of unbranched alkanes of at least 4 members (excludes halogenated alkanes) is 11. The van der Waals surface area contributed by atoms with E-state index in [0.717, 1.165) is 25.7 Å². The van der Waals surface area contributed by atoms with Crippen LogP contribution >= 0.6 is 0 Å². The summed E-state index contributed by atoms with van der Waals surface area (Å²) in [5.41, 5.74) is 5.02. The molecule has 0 fully saturated rings. The number of nitrogens with two attached hydrogens (primary N) is 1. The number of allylic oxidation sites excluding steroid dienone is 2. The summed E-state index contributed by atoms with van der Waals surface area (Å²) in [6, 6.07) is 0. The van der Waals surface area contributed by atoms with Crippen molar-refractivity contribution in [1.82, 2.24) is 0 Å². The van der Waals surface area contributed by atoms with Crippen LogP contribution < -0.4 is 5.73 Å². The Morgan fingerprint density at radius 2 is 1.20 bits per heavy atom. The van der Waals surface area contributed by atoms with Crippen LogP contribution in [0.25, 0.3) is 0 Å². The van der Waals surface area contributed by atoms with Crippen molar-refractivity contribution < 1.29 is 19.4 Å². The van der Waals surface area contributed by atoms with E-state index in [-0.39, 0.29) is 13.0 Å². The maximum atomic E-state index is 11.2. The Morgan fingerprint density at radius 1 is 0.720 bits per heavy atom. The quantitative estimate of drug-likeness (QED) is 0.183. The highest BCUT2D eigenvalue weighted by molar-refractivity contribution is 5.73. The fraction of sp³-hybridized carbons (Fsp3) is 0.800. The minimum Gasteiger partial charge on any atom is -0.321 e. The first-order valence-electron chi connectivity index (χ1n) is 9.96. The molecule has 0 aromatic rings. The molecular formula is C20H37NO4. The third kappa shape index (κ3) is 18.8. The predicted molar refractivity (Wildman–Crippen MR) is 101 cm³/mol. The Balaban J connectivity index is 3.24. The summed E-state index contributed by atoms with van der Waals surface area (Å²) in [4.78, 5) is 30.5. The summed E-state index contributed by atoms with van der Waals surface area (Å²) < 4.78 is 0. The summed E-state index contributed by atoms with van der Waals surface area (Å²) in [5.74, 6) is -1.25. The van der Waals surface area contributed by atoms with E-state index in [2.05, 4.69) is 28.9 Å². The molecular weight excluding hydrogens is 318 g/mol. The van der Waals surface area contributed by atoms with E-state index in [1.165, 1.54) is 57.8 Å². The van der Waals surface area contributed by atoms with E-state index in [9.17, 15) is 9.59 Å². The van der Waals surface area contributed by atoms with Gasteiger partial charge in [-0.25, -0.2) is 19.4 Å². The molecule has 0 radical (unpaired) electrons. The summed E-state index contributed by atoms with van der Waals surface area (Å²) in [6.07, 6.45) is 20.6. The summed E-state index contributed by atoms with van der Waals surface area (Å²) in [6.45, 7) is 1.96. The topological polar surface area (TPSA) is 78.6 Å². The first-order valence-corrected chi connectivity index (χ1v) is 9.96. The minimum absolute atomic E-state index is 0.274. The van der Waals surface area contributed by atoms with Crippen molar-refractivity contribution in [3.05, 3.63) is 12.2 Å². The molecule has 5 nitrogen and oxygen atoms in total. The standard InChI is InChI=1S/C20H37NO4/c1-2-3-4-5-6-7-8-9-10-11-12-13-14-15-16-17-19(22)24-25-20(23)18-21/h9-10H,2-8,11-18,21H2,1H3/b10-9-. The van der Waals surface area contributed by atoms with Gasteiger partial charge in [0.25, 0.3) is 0 Å². The first-order chi connectivity index (χ1) is 12.2. The number of rotatable bonds is 16. The lowest BCUT2D eigenvalue weighted by atomic mass is 10.1. The number of hydrogen-bond donors (Lipinski definition) is 1. The zero-order chi connectivity index (χ0) is 18.6. The van der Waals surface area contributed by atoms with Crippen molar-refractivity contribution in [2.75, 3.05) is 6.54 Å². The second-order valence-electron chi connectivity index (χ2n) is 6.45. The summed E-state index contributed by atoms with van der Waals surface area (Å²) in [5, 5.41) is 0. The zero-order valence-corrected chi connectivity index (χ0v) is 16.0. The normalized spacial score (nSPS) is 11.0. The van der Waals surface area contributed by atoms with Crippen molar-refractivity contribution >= 4 is 11.9 Å². The average Bonchev–Trinajstić information content (AvgIpc) is 2.62. The van der Waals surface area contributed by atoms with E-state index in [1.807, 2.05) is 0 Å². The lowest BCUT2D eigenvalue weighted by Crippen LogP contribution is -2.19. The lowest BCUT2D eigenvalue weighted by molar-refractivity contribution is -0.257. The Hall–Kier alpha value is -1.36. The van der Waals surface area contributed by atoms with Crippen LogP contribution in [-0.2, 0) is 19.4 Å². The van der Waals surface area contributed by atoms with Gasteiger partial charge in [-0.2, -0.15) is 0 Å². The third-order valence-electron chi connectivity index (χ3n) is 4.04. The molecule has 0 amide bonds. The zero-order valence-electron chi connectivity index (χ0n) is 16.0. The molecule has 0 atom stereocenters. The molecule has 0 spiro atoms. The maximum Gasteiger partial charge on any atom is 0.368 e. The van der Waals surface area contributed by atoms with Crippen molar-refractivity contribution in [2.45, 2.75) is 96.8 Å². The van der Waals surface area contributed by atoms with Gasteiger partial charge in [-0.05, 0) is 32.1 Å². The minimum atomic E-state index is -0.738. The molecule has 146 valence electrons. The second-order valence-corrected chi connectivity index (χ2v) is 6.45. The van der Waals surface area contributed by atoms with Gasteiger partial charge in [0.2, 0.25) is 0 Å². The molecule has 0 aromatic heterocycles. The molecule has 0 bridgehead atoms. The van der Waals surface area contributed by atoms with E-state index in [0.29, 0.717) is 0 Å². The summed E-state index contributed by atoms with van der Waals surface area (Å²) >= 11 is 0. The van der Waals surface area contributed by atoms with Crippen LogP contribution in [0.4, 0.5) is 0 Å². The second kappa shape index (κ2) is 19.0. The van der Waals surface area contributed by atoms with Crippen molar-refractivity contribution in [3.63, 3.8) is 0 Å². The van der Waals surface area contributed by atoms with Gasteiger partial charge in [0.15, 0.2) is 0 Å². The smallest absolute Gasteiger partial charge is 0.321 e. The molecule has 0 saturated heterocycles. The fourth-order valence-corrected chi connectivity index (χ4v) is 2.51. The van der Waals surface area contributed by atoms with Crippen LogP contribution in [0.15, 0.2) is 12.2 Å². The molecule has 0 rings (SSSR count). The van der Waals surface area contributed by atoms with E-state index >= 15 is 0 Å². The van der Waals surface area contributed by atoms with E-state index in [4.69, 9.17) is 5.73 Å². The Labute approximate surface area is 153 Å². The molecule has 0 aromatic carbocycles. The van der Waals surface area contributed by atoms with Crippen LogP contribution in [0.5, 0.6) is 0 Å². The van der Waals surface area contributed by atoms with Gasteiger partial charge >= 0.3 is 11.9 Å². The van der Waals surface area contributed by atoms with Crippen LogP contribution in [0.1, 0.15) is 96.8 Å².